The Labute approximate surface area is 102 Å². The average molecular weight is 254 g/mol. The summed E-state index contributed by atoms with van der Waals surface area (Å²) in [6.07, 6.45) is 1.53. The van der Waals surface area contributed by atoms with Crippen LogP contribution in [0, 0.1) is 5.82 Å². The molecule has 0 aliphatic heterocycles. The number of nitrogens with one attached hydrogen (secondary N) is 1. The van der Waals surface area contributed by atoms with E-state index < -0.39 is 5.82 Å². The van der Waals surface area contributed by atoms with Crippen molar-refractivity contribution < 1.29 is 9.13 Å². The minimum absolute atomic E-state index is 0.143. The van der Waals surface area contributed by atoms with Crippen LogP contribution in [-0.4, -0.2) is 17.1 Å². The van der Waals surface area contributed by atoms with Gasteiger partial charge in [0.25, 0.3) is 0 Å². The molecular weight excluding hydrogens is 245 g/mol. The van der Waals surface area contributed by atoms with Crippen molar-refractivity contribution in [3.05, 3.63) is 41.6 Å². The largest absolute Gasteiger partial charge is 0.494 e. The van der Waals surface area contributed by atoms with Gasteiger partial charge in [-0.15, -0.1) is 0 Å². The Balaban J connectivity index is 2.24. The van der Waals surface area contributed by atoms with E-state index in [0.29, 0.717) is 11.5 Å². The smallest absolute Gasteiger partial charge is 0.224 e. The third-order valence-electron chi connectivity index (χ3n) is 2.05. The lowest BCUT2D eigenvalue weighted by Crippen LogP contribution is -1.96. The topological polar surface area (TPSA) is 47.0 Å². The van der Waals surface area contributed by atoms with E-state index in [1.54, 1.807) is 12.1 Å². The van der Waals surface area contributed by atoms with Crippen LogP contribution in [0.3, 0.4) is 0 Å². The second-order valence-electron chi connectivity index (χ2n) is 3.19. The van der Waals surface area contributed by atoms with Crippen LogP contribution in [0.25, 0.3) is 0 Å². The predicted molar refractivity (Wildman–Crippen MR) is 63.3 cm³/mol. The Hall–Kier alpha value is -1.88. The normalized spacial score (nSPS) is 10.1. The number of ether oxygens (including phenoxy) is 1. The number of hydrogen-bond donors (Lipinski definition) is 1. The van der Waals surface area contributed by atoms with Crippen LogP contribution >= 0.6 is 11.6 Å². The first-order valence-corrected chi connectivity index (χ1v) is 5.16. The minimum atomic E-state index is -0.418. The molecule has 0 aliphatic rings. The maximum Gasteiger partial charge on any atom is 0.224 e. The van der Waals surface area contributed by atoms with Crippen molar-refractivity contribution in [1.82, 2.24) is 9.97 Å². The minimum Gasteiger partial charge on any atom is -0.494 e. The summed E-state index contributed by atoms with van der Waals surface area (Å²) in [5.74, 6) is 0.271. The van der Waals surface area contributed by atoms with Crippen LogP contribution in [0.1, 0.15) is 0 Å². The van der Waals surface area contributed by atoms with Crippen LogP contribution < -0.4 is 10.1 Å². The van der Waals surface area contributed by atoms with Gasteiger partial charge in [0, 0.05) is 18.0 Å². The molecule has 1 heterocycles. The molecule has 0 radical (unpaired) electrons. The van der Waals surface area contributed by atoms with E-state index in [-0.39, 0.29) is 11.0 Å². The highest BCUT2D eigenvalue weighted by Crippen LogP contribution is 2.23. The van der Waals surface area contributed by atoms with Gasteiger partial charge in [-0.3, -0.25) is 0 Å². The van der Waals surface area contributed by atoms with Gasteiger partial charge in [-0.05, 0) is 29.8 Å². The molecule has 0 amide bonds. The molecule has 0 atom stereocenters. The lowest BCUT2D eigenvalue weighted by molar-refractivity contribution is 0.387. The fourth-order valence-electron chi connectivity index (χ4n) is 1.29. The molecule has 0 bridgehead atoms. The summed E-state index contributed by atoms with van der Waals surface area (Å²) >= 11 is 5.65. The summed E-state index contributed by atoms with van der Waals surface area (Å²) in [4.78, 5) is 7.71. The summed E-state index contributed by atoms with van der Waals surface area (Å²) in [6.45, 7) is 0. The average Bonchev–Trinajstić information content (AvgIpc) is 2.32. The van der Waals surface area contributed by atoms with Gasteiger partial charge in [-0.2, -0.15) is 0 Å². The summed E-state index contributed by atoms with van der Waals surface area (Å²) in [7, 11) is 1.41. The van der Waals surface area contributed by atoms with Crippen molar-refractivity contribution in [1.29, 1.82) is 0 Å². The molecule has 2 aromatic rings. The molecule has 1 aromatic carbocycles. The van der Waals surface area contributed by atoms with Gasteiger partial charge in [-0.1, -0.05) is 0 Å². The Morgan fingerprint density at radius 1 is 1.35 bits per heavy atom. The Morgan fingerprint density at radius 2 is 2.18 bits per heavy atom. The lowest BCUT2D eigenvalue weighted by atomic mass is 10.3. The van der Waals surface area contributed by atoms with E-state index in [0.717, 1.165) is 0 Å². The van der Waals surface area contributed by atoms with Crippen molar-refractivity contribution in [2.75, 3.05) is 12.4 Å². The number of rotatable bonds is 3. The Bertz CT molecular complexity index is 536. The number of nitrogens with zero attached hydrogens (tertiary/aromatic N) is 2. The van der Waals surface area contributed by atoms with Gasteiger partial charge >= 0.3 is 0 Å². The molecule has 0 unspecified atom stereocenters. The molecule has 1 N–H and O–H groups in total. The van der Waals surface area contributed by atoms with Crippen molar-refractivity contribution >= 4 is 23.1 Å². The van der Waals surface area contributed by atoms with Gasteiger partial charge in [0.15, 0.2) is 11.6 Å². The van der Waals surface area contributed by atoms with E-state index in [2.05, 4.69) is 15.3 Å². The number of benzene rings is 1. The molecule has 0 saturated carbocycles. The van der Waals surface area contributed by atoms with E-state index >= 15 is 0 Å². The van der Waals surface area contributed by atoms with Crippen LogP contribution in [-0.2, 0) is 0 Å². The number of hydrogen-bond acceptors (Lipinski definition) is 4. The third kappa shape index (κ3) is 2.82. The first-order valence-electron chi connectivity index (χ1n) is 4.78. The van der Waals surface area contributed by atoms with Gasteiger partial charge in [0.2, 0.25) is 5.28 Å². The van der Waals surface area contributed by atoms with Crippen LogP contribution in [0.15, 0.2) is 30.5 Å². The first kappa shape index (κ1) is 11.6. The van der Waals surface area contributed by atoms with Gasteiger partial charge in [0.05, 0.1) is 7.11 Å². The zero-order chi connectivity index (χ0) is 12.3. The summed E-state index contributed by atoms with van der Waals surface area (Å²) < 4.78 is 18.0. The van der Waals surface area contributed by atoms with Crippen molar-refractivity contribution in [3.8, 4) is 5.75 Å². The highest BCUT2D eigenvalue weighted by atomic mass is 35.5. The fourth-order valence-corrected chi connectivity index (χ4v) is 1.44. The molecule has 0 spiro atoms. The number of aromatic nitrogens is 2. The highest BCUT2D eigenvalue weighted by Gasteiger charge is 2.04. The van der Waals surface area contributed by atoms with E-state index in [1.165, 1.54) is 25.4 Å². The maximum atomic E-state index is 13.2. The van der Waals surface area contributed by atoms with E-state index in [1.807, 2.05) is 0 Å². The molecule has 88 valence electrons. The summed E-state index contributed by atoms with van der Waals surface area (Å²) in [6, 6.07) is 6.07. The Morgan fingerprint density at radius 3 is 2.88 bits per heavy atom. The van der Waals surface area contributed by atoms with Gasteiger partial charge in [-0.25, -0.2) is 14.4 Å². The van der Waals surface area contributed by atoms with Crippen LogP contribution in [0.2, 0.25) is 5.28 Å². The molecule has 1 aromatic heterocycles. The molecule has 17 heavy (non-hydrogen) atoms. The monoisotopic (exact) mass is 253 g/mol. The molecule has 2 rings (SSSR count). The first-order chi connectivity index (χ1) is 8.19. The number of anilines is 2. The number of halogens is 2. The van der Waals surface area contributed by atoms with Crippen molar-refractivity contribution in [3.63, 3.8) is 0 Å². The zero-order valence-corrected chi connectivity index (χ0v) is 9.70. The second kappa shape index (κ2) is 4.97. The van der Waals surface area contributed by atoms with Crippen LogP contribution in [0.4, 0.5) is 15.9 Å². The summed E-state index contributed by atoms with van der Waals surface area (Å²) in [5.41, 5.74) is 0.651. The number of methoxy groups -OCH3 is 1. The van der Waals surface area contributed by atoms with E-state index in [4.69, 9.17) is 16.3 Å². The molecule has 6 heteroatoms. The molecule has 0 saturated heterocycles. The van der Waals surface area contributed by atoms with Crippen molar-refractivity contribution in [2.24, 2.45) is 0 Å². The van der Waals surface area contributed by atoms with Crippen LogP contribution in [0.5, 0.6) is 5.75 Å². The summed E-state index contributed by atoms with van der Waals surface area (Å²) in [5, 5.41) is 3.11. The standard InChI is InChI=1S/C11H9ClFN3O/c1-17-9-6-7(2-3-8(9)13)15-10-4-5-14-11(12)16-10/h2-6H,1H3,(H,14,15,16). The molecule has 0 aliphatic carbocycles. The molecule has 4 nitrogen and oxygen atoms in total. The highest BCUT2D eigenvalue weighted by molar-refractivity contribution is 6.28. The quantitative estimate of drug-likeness (QED) is 0.854. The van der Waals surface area contributed by atoms with Crippen molar-refractivity contribution in [2.45, 2.75) is 0 Å². The molecule has 0 fully saturated rings. The fraction of sp³-hybridized carbons (Fsp3) is 0.0909. The third-order valence-corrected chi connectivity index (χ3v) is 2.23. The zero-order valence-electron chi connectivity index (χ0n) is 8.95. The predicted octanol–water partition coefficient (Wildman–Crippen LogP) is 3.02. The SMILES string of the molecule is COc1cc(Nc2ccnc(Cl)n2)ccc1F. The molecular formula is C11H9ClFN3O. The second-order valence-corrected chi connectivity index (χ2v) is 3.52. The maximum absolute atomic E-state index is 13.2. The van der Waals surface area contributed by atoms with E-state index in [9.17, 15) is 4.39 Å². The van der Waals surface area contributed by atoms with Gasteiger partial charge < -0.3 is 10.1 Å². The lowest BCUT2D eigenvalue weighted by Gasteiger charge is -2.07. The Kier molecular flexibility index (Phi) is 3.39. The van der Waals surface area contributed by atoms with Gasteiger partial charge in [0.1, 0.15) is 5.82 Å².